The zero-order valence-corrected chi connectivity index (χ0v) is 13.6. The molecule has 0 aromatic heterocycles. The number of morpholine rings is 1. The van der Waals surface area contributed by atoms with Gasteiger partial charge < -0.3 is 14.4 Å². The van der Waals surface area contributed by atoms with E-state index >= 15 is 0 Å². The Morgan fingerprint density at radius 3 is 2.59 bits per heavy atom. The van der Waals surface area contributed by atoms with Crippen molar-refractivity contribution in [2.45, 2.75) is 12.8 Å². The summed E-state index contributed by atoms with van der Waals surface area (Å²) in [4.78, 5) is 16.3. The lowest BCUT2D eigenvalue weighted by Gasteiger charge is -2.28. The van der Waals surface area contributed by atoms with Crippen molar-refractivity contribution >= 4 is 5.91 Å². The summed E-state index contributed by atoms with van der Waals surface area (Å²) >= 11 is 0. The third-order valence-electron chi connectivity index (χ3n) is 4.07. The van der Waals surface area contributed by atoms with E-state index in [0.29, 0.717) is 6.42 Å². The zero-order valence-electron chi connectivity index (χ0n) is 13.6. The molecule has 1 fully saturated rings. The number of hydrogen-bond donors (Lipinski definition) is 0. The summed E-state index contributed by atoms with van der Waals surface area (Å²) in [5.41, 5.74) is 1.16. The molecule has 1 amide bonds. The van der Waals surface area contributed by atoms with Gasteiger partial charge in [0.15, 0.2) is 0 Å². The summed E-state index contributed by atoms with van der Waals surface area (Å²) in [5, 5.41) is 0. The Morgan fingerprint density at radius 2 is 1.95 bits per heavy atom. The number of hydrogen-bond acceptors (Lipinski definition) is 4. The van der Waals surface area contributed by atoms with Gasteiger partial charge in [0.05, 0.1) is 20.3 Å². The van der Waals surface area contributed by atoms with Crippen LogP contribution in [0.1, 0.15) is 12.0 Å². The third kappa shape index (κ3) is 5.31. The number of ether oxygens (including phenoxy) is 2. The van der Waals surface area contributed by atoms with Gasteiger partial charge >= 0.3 is 0 Å². The average molecular weight is 306 g/mol. The van der Waals surface area contributed by atoms with Crippen LogP contribution >= 0.6 is 0 Å². The minimum atomic E-state index is 0.198. The fourth-order valence-corrected chi connectivity index (χ4v) is 2.48. The van der Waals surface area contributed by atoms with Gasteiger partial charge in [0.25, 0.3) is 0 Å². The summed E-state index contributed by atoms with van der Waals surface area (Å²) in [7, 11) is 3.54. The second-order valence-electron chi connectivity index (χ2n) is 5.62. The van der Waals surface area contributed by atoms with Gasteiger partial charge in [-0.3, -0.25) is 9.69 Å². The topological polar surface area (TPSA) is 42.0 Å². The Kier molecular flexibility index (Phi) is 6.68. The molecule has 22 heavy (non-hydrogen) atoms. The molecule has 0 aliphatic carbocycles. The summed E-state index contributed by atoms with van der Waals surface area (Å²) in [5.74, 6) is 1.04. The first-order valence-corrected chi connectivity index (χ1v) is 7.86. The van der Waals surface area contributed by atoms with Crippen LogP contribution in [0.3, 0.4) is 0 Å². The molecule has 1 aliphatic rings. The van der Waals surface area contributed by atoms with Crippen LogP contribution in [0.2, 0.25) is 0 Å². The van der Waals surface area contributed by atoms with Gasteiger partial charge in [-0.15, -0.1) is 0 Å². The Morgan fingerprint density at radius 1 is 1.27 bits per heavy atom. The molecule has 0 spiro atoms. The van der Waals surface area contributed by atoms with Crippen LogP contribution in [0, 0.1) is 0 Å². The van der Waals surface area contributed by atoms with E-state index in [4.69, 9.17) is 9.47 Å². The monoisotopic (exact) mass is 306 g/mol. The zero-order chi connectivity index (χ0) is 15.8. The predicted molar refractivity (Wildman–Crippen MR) is 86.2 cm³/mol. The highest BCUT2D eigenvalue weighted by Gasteiger charge is 2.13. The van der Waals surface area contributed by atoms with Crippen molar-refractivity contribution in [1.29, 1.82) is 0 Å². The van der Waals surface area contributed by atoms with Gasteiger partial charge in [-0.25, -0.2) is 0 Å². The van der Waals surface area contributed by atoms with Gasteiger partial charge in [-0.2, -0.15) is 0 Å². The smallest absolute Gasteiger partial charge is 0.222 e. The summed E-state index contributed by atoms with van der Waals surface area (Å²) < 4.78 is 10.5. The maximum atomic E-state index is 12.2. The Hall–Kier alpha value is -1.59. The number of rotatable bonds is 7. The van der Waals surface area contributed by atoms with Crippen molar-refractivity contribution in [1.82, 2.24) is 9.80 Å². The fourth-order valence-electron chi connectivity index (χ4n) is 2.48. The van der Waals surface area contributed by atoms with Crippen LogP contribution in [-0.2, 0) is 16.0 Å². The van der Waals surface area contributed by atoms with Crippen LogP contribution in [0.15, 0.2) is 24.3 Å². The van der Waals surface area contributed by atoms with E-state index in [0.717, 1.165) is 57.1 Å². The Balaban J connectivity index is 1.68. The van der Waals surface area contributed by atoms with E-state index in [1.165, 1.54) is 0 Å². The van der Waals surface area contributed by atoms with Crippen LogP contribution in [-0.4, -0.2) is 69.3 Å². The second-order valence-corrected chi connectivity index (χ2v) is 5.62. The number of amides is 1. The Bertz CT molecular complexity index is 455. The van der Waals surface area contributed by atoms with Gasteiger partial charge in [0.2, 0.25) is 5.91 Å². The Labute approximate surface area is 132 Å². The molecule has 0 unspecified atom stereocenters. The lowest BCUT2D eigenvalue weighted by molar-refractivity contribution is -0.130. The molecule has 0 radical (unpaired) electrons. The number of likely N-dealkylation sites (N-methyl/N-ethyl adjacent to an activating group) is 1. The van der Waals surface area contributed by atoms with Crippen LogP contribution in [0.5, 0.6) is 5.75 Å². The molecule has 1 aromatic rings. The van der Waals surface area contributed by atoms with Gasteiger partial charge in [-0.1, -0.05) is 12.1 Å². The molecule has 1 aliphatic heterocycles. The predicted octanol–water partition coefficient (Wildman–Crippen LogP) is 1.42. The minimum Gasteiger partial charge on any atom is -0.497 e. The highest BCUT2D eigenvalue weighted by molar-refractivity contribution is 5.76. The SMILES string of the molecule is COc1ccc(CCC(=O)N(C)CCN2CCOCC2)cc1. The highest BCUT2D eigenvalue weighted by Crippen LogP contribution is 2.13. The number of methoxy groups -OCH3 is 1. The maximum Gasteiger partial charge on any atom is 0.222 e. The van der Waals surface area contributed by atoms with E-state index in [9.17, 15) is 4.79 Å². The molecule has 1 aromatic carbocycles. The van der Waals surface area contributed by atoms with Gasteiger partial charge in [-0.05, 0) is 24.1 Å². The van der Waals surface area contributed by atoms with Crippen molar-refractivity contribution < 1.29 is 14.3 Å². The van der Waals surface area contributed by atoms with Gasteiger partial charge in [0.1, 0.15) is 5.75 Å². The maximum absolute atomic E-state index is 12.2. The minimum absolute atomic E-state index is 0.198. The molecular formula is C17H26N2O3. The first-order valence-electron chi connectivity index (χ1n) is 7.86. The average Bonchev–Trinajstić information content (AvgIpc) is 2.58. The second kappa shape index (κ2) is 8.76. The van der Waals surface area contributed by atoms with Gasteiger partial charge in [0, 0.05) is 39.6 Å². The van der Waals surface area contributed by atoms with Crippen molar-refractivity contribution in [3.63, 3.8) is 0 Å². The summed E-state index contributed by atoms with van der Waals surface area (Å²) in [6.07, 6.45) is 1.32. The first kappa shape index (κ1) is 16.8. The number of aryl methyl sites for hydroxylation is 1. The standard InChI is InChI=1S/C17H26N2O3/c1-18(9-10-19-11-13-22-14-12-19)17(20)8-5-15-3-6-16(21-2)7-4-15/h3-4,6-7H,5,8-14H2,1-2H3. The lowest BCUT2D eigenvalue weighted by atomic mass is 10.1. The lowest BCUT2D eigenvalue weighted by Crippen LogP contribution is -2.41. The summed E-state index contributed by atoms with van der Waals surface area (Å²) in [6, 6.07) is 7.89. The number of nitrogens with zero attached hydrogens (tertiary/aromatic N) is 2. The summed E-state index contributed by atoms with van der Waals surface area (Å²) in [6.45, 7) is 5.24. The quantitative estimate of drug-likeness (QED) is 0.764. The molecule has 0 saturated carbocycles. The number of carbonyl (C=O) groups is 1. The molecule has 5 heteroatoms. The van der Waals surface area contributed by atoms with Crippen LogP contribution < -0.4 is 4.74 Å². The molecule has 1 heterocycles. The van der Waals surface area contributed by atoms with E-state index in [1.807, 2.05) is 36.2 Å². The van der Waals surface area contributed by atoms with Crippen LogP contribution in [0.4, 0.5) is 0 Å². The van der Waals surface area contributed by atoms with E-state index in [-0.39, 0.29) is 5.91 Å². The largest absolute Gasteiger partial charge is 0.497 e. The van der Waals surface area contributed by atoms with Crippen molar-refractivity contribution in [2.24, 2.45) is 0 Å². The van der Waals surface area contributed by atoms with Crippen molar-refractivity contribution in [3.8, 4) is 5.75 Å². The van der Waals surface area contributed by atoms with E-state index in [2.05, 4.69) is 4.90 Å². The fraction of sp³-hybridized carbons (Fsp3) is 0.588. The first-order chi connectivity index (χ1) is 10.7. The molecule has 122 valence electrons. The number of benzene rings is 1. The molecule has 5 nitrogen and oxygen atoms in total. The normalized spacial score (nSPS) is 15.5. The third-order valence-corrected chi connectivity index (χ3v) is 4.07. The molecule has 0 bridgehead atoms. The van der Waals surface area contributed by atoms with Crippen LogP contribution in [0.25, 0.3) is 0 Å². The molecular weight excluding hydrogens is 280 g/mol. The molecule has 2 rings (SSSR count). The van der Waals surface area contributed by atoms with E-state index in [1.54, 1.807) is 7.11 Å². The molecule has 0 N–H and O–H groups in total. The molecule has 1 saturated heterocycles. The van der Waals surface area contributed by atoms with Crippen molar-refractivity contribution in [3.05, 3.63) is 29.8 Å². The number of carbonyl (C=O) groups excluding carboxylic acids is 1. The van der Waals surface area contributed by atoms with Crippen molar-refractivity contribution in [2.75, 3.05) is 53.6 Å². The molecule has 0 atom stereocenters. The highest BCUT2D eigenvalue weighted by atomic mass is 16.5. The van der Waals surface area contributed by atoms with E-state index < -0.39 is 0 Å².